The van der Waals surface area contributed by atoms with Crippen molar-refractivity contribution in [3.8, 4) is 5.75 Å². The van der Waals surface area contributed by atoms with E-state index in [1.165, 1.54) is 33.7 Å². The molecule has 0 radical (unpaired) electrons. The number of aromatic amines is 1. The molecule has 1 fully saturated rings. The zero-order valence-corrected chi connectivity index (χ0v) is 23.3. The predicted octanol–water partition coefficient (Wildman–Crippen LogP) is 6.71. The summed E-state index contributed by atoms with van der Waals surface area (Å²) in [7, 11) is 0. The normalized spacial score (nSPS) is 28.2. The number of benzene rings is 1. The van der Waals surface area contributed by atoms with Gasteiger partial charge in [0.05, 0.1) is 5.69 Å². The van der Waals surface area contributed by atoms with Gasteiger partial charge in [-0.15, -0.1) is 11.3 Å². The summed E-state index contributed by atoms with van der Waals surface area (Å²) in [4.78, 5) is 18.3. The molecular weight excluding hydrogens is 480 g/mol. The Bertz CT molecular complexity index is 1350. The molecular formula is C30H38N4O2S. The Morgan fingerprint density at radius 3 is 2.81 bits per heavy atom. The number of hydrogen-bond donors (Lipinski definition) is 3. The fourth-order valence-electron chi connectivity index (χ4n) is 7.93. The van der Waals surface area contributed by atoms with E-state index in [1.54, 1.807) is 6.20 Å². The van der Waals surface area contributed by atoms with Crippen LogP contribution in [0.5, 0.6) is 5.75 Å². The van der Waals surface area contributed by atoms with Gasteiger partial charge in [-0.25, -0.2) is 4.98 Å². The summed E-state index contributed by atoms with van der Waals surface area (Å²) >= 11 is 1.52. The van der Waals surface area contributed by atoms with Crippen LogP contribution in [0.4, 0.5) is 5.13 Å². The van der Waals surface area contributed by atoms with Crippen LogP contribution in [-0.2, 0) is 22.0 Å². The molecule has 1 saturated carbocycles. The highest BCUT2D eigenvalue weighted by atomic mass is 32.1. The fraction of sp³-hybridized carbons (Fsp3) is 0.567. The van der Waals surface area contributed by atoms with Gasteiger partial charge in [0.1, 0.15) is 5.75 Å². The maximum atomic E-state index is 12.9. The summed E-state index contributed by atoms with van der Waals surface area (Å²) in [5.74, 6) is 2.30. The van der Waals surface area contributed by atoms with Gasteiger partial charge in [-0.05, 0) is 96.4 Å². The third kappa shape index (κ3) is 4.01. The van der Waals surface area contributed by atoms with E-state index in [1.807, 2.05) is 13.0 Å². The van der Waals surface area contributed by atoms with Gasteiger partial charge in [0.25, 0.3) is 0 Å². The van der Waals surface area contributed by atoms with Crippen LogP contribution in [0.2, 0.25) is 0 Å². The van der Waals surface area contributed by atoms with Crippen molar-refractivity contribution in [3.63, 3.8) is 0 Å². The summed E-state index contributed by atoms with van der Waals surface area (Å²) < 4.78 is 0. The average molecular weight is 519 g/mol. The van der Waals surface area contributed by atoms with E-state index < -0.39 is 0 Å². The average Bonchev–Trinajstić information content (AvgIpc) is 3.53. The number of amides is 1. The van der Waals surface area contributed by atoms with Crippen LogP contribution in [0.3, 0.4) is 0 Å². The molecule has 196 valence electrons. The van der Waals surface area contributed by atoms with E-state index in [9.17, 15) is 9.90 Å². The second kappa shape index (κ2) is 8.69. The first-order valence-electron chi connectivity index (χ1n) is 13.7. The van der Waals surface area contributed by atoms with Gasteiger partial charge >= 0.3 is 0 Å². The van der Waals surface area contributed by atoms with Crippen molar-refractivity contribution in [3.05, 3.63) is 57.4 Å². The van der Waals surface area contributed by atoms with E-state index in [4.69, 9.17) is 5.10 Å². The number of H-pyrrole nitrogens is 1. The Kier molecular flexibility index (Phi) is 5.79. The third-order valence-electron chi connectivity index (χ3n) is 9.49. The lowest BCUT2D eigenvalue weighted by Gasteiger charge is -2.51. The van der Waals surface area contributed by atoms with Gasteiger partial charge in [-0.3, -0.25) is 9.89 Å². The molecule has 6 rings (SSSR count). The molecule has 1 amide bonds. The molecule has 2 heterocycles. The maximum Gasteiger partial charge on any atom is 0.226 e. The number of hydrogen-bond acceptors (Lipinski definition) is 5. The van der Waals surface area contributed by atoms with Crippen molar-refractivity contribution < 1.29 is 9.90 Å². The molecule has 3 aliphatic carbocycles. The number of carbonyl (C=O) groups is 1. The molecule has 3 N–H and O–H groups in total. The van der Waals surface area contributed by atoms with Gasteiger partial charge in [-0.1, -0.05) is 33.8 Å². The van der Waals surface area contributed by atoms with Crippen LogP contribution in [0, 0.1) is 18.8 Å². The van der Waals surface area contributed by atoms with E-state index in [0.717, 1.165) is 42.5 Å². The second-order valence-electron chi connectivity index (χ2n) is 12.8. The van der Waals surface area contributed by atoms with E-state index in [-0.39, 0.29) is 16.7 Å². The predicted molar refractivity (Wildman–Crippen MR) is 147 cm³/mol. The van der Waals surface area contributed by atoms with Crippen LogP contribution in [0.1, 0.15) is 104 Å². The molecule has 1 aromatic carbocycles. The minimum absolute atomic E-state index is 0.0331. The minimum atomic E-state index is -0.101. The van der Waals surface area contributed by atoms with Gasteiger partial charge in [0.2, 0.25) is 5.91 Å². The highest BCUT2D eigenvalue weighted by molar-refractivity contribution is 7.15. The minimum Gasteiger partial charge on any atom is -0.508 e. The van der Waals surface area contributed by atoms with Gasteiger partial charge in [0, 0.05) is 29.1 Å². The molecule has 0 aliphatic heterocycles. The first kappa shape index (κ1) is 24.7. The lowest BCUT2D eigenvalue weighted by atomic mass is 9.53. The molecule has 37 heavy (non-hydrogen) atoms. The molecule has 3 aromatic rings. The van der Waals surface area contributed by atoms with Crippen molar-refractivity contribution in [2.75, 3.05) is 5.32 Å². The SMILES string of the molecule is Cc1cnc(NC(=O)CCC2c3c[nH]nc3C3(C)CCC4c5cc(C(C)(C)C)c(O)cc5CCC4C23)s1. The smallest absolute Gasteiger partial charge is 0.226 e. The van der Waals surface area contributed by atoms with Crippen LogP contribution in [-0.4, -0.2) is 26.2 Å². The molecule has 3 aliphatic rings. The first-order chi connectivity index (χ1) is 17.6. The van der Waals surface area contributed by atoms with Crippen LogP contribution in [0.15, 0.2) is 24.5 Å². The summed E-state index contributed by atoms with van der Waals surface area (Å²) in [6.45, 7) is 10.9. The Morgan fingerprint density at radius 1 is 1.27 bits per heavy atom. The number of fused-ring (bicyclic) bond motifs is 7. The van der Waals surface area contributed by atoms with Gasteiger partial charge < -0.3 is 10.4 Å². The van der Waals surface area contributed by atoms with E-state index >= 15 is 0 Å². The molecule has 0 spiro atoms. The van der Waals surface area contributed by atoms with E-state index in [2.05, 4.69) is 55.4 Å². The van der Waals surface area contributed by atoms with Gasteiger partial charge in [-0.2, -0.15) is 5.10 Å². The third-order valence-corrected chi connectivity index (χ3v) is 10.3. The van der Waals surface area contributed by atoms with Crippen LogP contribution < -0.4 is 5.32 Å². The summed E-state index contributed by atoms with van der Waals surface area (Å²) in [6.07, 6.45) is 9.56. The molecule has 6 nitrogen and oxygen atoms in total. The van der Waals surface area contributed by atoms with Crippen molar-refractivity contribution >= 4 is 22.4 Å². The summed E-state index contributed by atoms with van der Waals surface area (Å²) in [6, 6.07) is 4.36. The number of thiazole rings is 1. The number of rotatable bonds is 4. The van der Waals surface area contributed by atoms with Crippen molar-refractivity contribution in [1.82, 2.24) is 15.2 Å². The summed E-state index contributed by atoms with van der Waals surface area (Å²) in [5.41, 5.74) is 6.29. The largest absolute Gasteiger partial charge is 0.508 e. The Balaban J connectivity index is 1.30. The molecule has 7 heteroatoms. The number of nitrogens with one attached hydrogen (secondary N) is 2. The van der Waals surface area contributed by atoms with Crippen LogP contribution >= 0.6 is 11.3 Å². The molecule has 5 atom stereocenters. The number of carbonyl (C=O) groups excluding carboxylic acids is 1. The van der Waals surface area contributed by atoms with Crippen molar-refractivity contribution in [1.29, 1.82) is 0 Å². The zero-order valence-electron chi connectivity index (χ0n) is 22.5. The molecule has 2 aromatic heterocycles. The number of aryl methyl sites for hydroxylation is 2. The molecule has 0 bridgehead atoms. The number of aromatic hydroxyl groups is 1. The van der Waals surface area contributed by atoms with Crippen LogP contribution in [0.25, 0.3) is 0 Å². The second-order valence-corrected chi connectivity index (χ2v) is 14.0. The Hall–Kier alpha value is -2.67. The van der Waals surface area contributed by atoms with Gasteiger partial charge in [0.15, 0.2) is 5.13 Å². The number of phenols is 1. The standard InChI is InChI=1S/C30H38N4O2S/c1-16-14-31-28(37-16)33-25(36)9-8-20-22-15-32-34-27(22)30(5)11-10-18-19(26(20)30)7-6-17-12-24(35)23(13-21(17)18)29(2,3)4/h12-15,18-20,26,35H,6-11H2,1-5H3,(H,32,34)(H,31,33,36). The van der Waals surface area contributed by atoms with Crippen molar-refractivity contribution in [2.45, 2.75) is 95.8 Å². The number of phenolic OH excluding ortho intramolecular Hbond substituents is 1. The Labute approximate surface area is 223 Å². The van der Waals surface area contributed by atoms with E-state index in [0.29, 0.717) is 41.0 Å². The summed E-state index contributed by atoms with van der Waals surface area (Å²) in [5, 5.41) is 22.4. The number of nitrogens with zero attached hydrogens (tertiary/aromatic N) is 2. The quantitative estimate of drug-likeness (QED) is 0.358. The monoisotopic (exact) mass is 518 g/mol. The molecule has 0 saturated heterocycles. The highest BCUT2D eigenvalue weighted by Gasteiger charge is 2.58. The Morgan fingerprint density at radius 2 is 2.08 bits per heavy atom. The lowest BCUT2D eigenvalue weighted by Crippen LogP contribution is -2.44. The maximum absolute atomic E-state index is 12.9. The zero-order chi connectivity index (χ0) is 26.1. The number of anilines is 1. The van der Waals surface area contributed by atoms with Crippen molar-refractivity contribution in [2.24, 2.45) is 11.8 Å². The lowest BCUT2D eigenvalue weighted by molar-refractivity contribution is -0.116. The highest BCUT2D eigenvalue weighted by Crippen LogP contribution is 2.64. The first-order valence-corrected chi connectivity index (χ1v) is 14.5. The number of aromatic nitrogens is 3. The topological polar surface area (TPSA) is 90.9 Å². The molecule has 5 unspecified atom stereocenters. The fourth-order valence-corrected chi connectivity index (χ4v) is 8.61.